The number of hydrogen-bond acceptors (Lipinski definition) is 3. The van der Waals surface area contributed by atoms with Crippen LogP contribution in [-0.4, -0.2) is 12.8 Å². The van der Waals surface area contributed by atoms with Crippen molar-refractivity contribution < 1.29 is 9.47 Å². The predicted octanol–water partition coefficient (Wildman–Crippen LogP) is 7.87. The number of hydrogen-bond donors (Lipinski definition) is 0. The van der Waals surface area contributed by atoms with Crippen LogP contribution in [0.1, 0.15) is 18.1 Å². The lowest BCUT2D eigenvalue weighted by Gasteiger charge is -2.12. The number of aliphatic imine (C=N–C) groups is 1. The van der Waals surface area contributed by atoms with Gasteiger partial charge >= 0.3 is 0 Å². The molecule has 5 heteroatoms. The van der Waals surface area contributed by atoms with Crippen molar-refractivity contribution in [1.82, 2.24) is 0 Å². The minimum absolute atomic E-state index is 0.375. The fourth-order valence-electron chi connectivity index (χ4n) is 3.30. The van der Waals surface area contributed by atoms with Crippen molar-refractivity contribution in [3.63, 3.8) is 0 Å². The molecule has 0 N–H and O–H groups in total. The summed E-state index contributed by atoms with van der Waals surface area (Å²) in [5.74, 6) is 1.29. The van der Waals surface area contributed by atoms with Crippen molar-refractivity contribution in [2.75, 3.05) is 6.61 Å². The molecule has 0 fully saturated rings. The first kappa shape index (κ1) is 21.2. The molecule has 0 saturated carbocycles. The molecule has 0 aliphatic heterocycles. The van der Waals surface area contributed by atoms with Gasteiger partial charge in [0.1, 0.15) is 12.4 Å². The van der Waals surface area contributed by atoms with Gasteiger partial charge in [-0.05, 0) is 65.2 Å². The highest BCUT2D eigenvalue weighted by Crippen LogP contribution is 2.35. The van der Waals surface area contributed by atoms with E-state index in [1.807, 2.05) is 55.5 Å². The van der Waals surface area contributed by atoms with Crippen LogP contribution in [0.5, 0.6) is 11.5 Å². The van der Waals surface area contributed by atoms with Crippen LogP contribution >= 0.6 is 23.2 Å². The van der Waals surface area contributed by atoms with Gasteiger partial charge in [0.05, 0.1) is 22.3 Å². The molecule has 4 rings (SSSR count). The average molecular weight is 450 g/mol. The Bertz CT molecular complexity index is 1190. The van der Waals surface area contributed by atoms with Crippen LogP contribution in [0.25, 0.3) is 10.8 Å². The fraction of sp³-hybridized carbons (Fsp3) is 0.115. The van der Waals surface area contributed by atoms with Gasteiger partial charge in [-0.2, -0.15) is 0 Å². The van der Waals surface area contributed by atoms with Crippen LogP contribution in [0.2, 0.25) is 10.0 Å². The first-order valence-electron chi connectivity index (χ1n) is 9.99. The molecule has 0 aliphatic carbocycles. The largest absolute Gasteiger partial charge is 0.494 e. The predicted molar refractivity (Wildman–Crippen MR) is 130 cm³/mol. The molecule has 31 heavy (non-hydrogen) atoms. The van der Waals surface area contributed by atoms with Crippen LogP contribution in [0.15, 0.2) is 83.9 Å². The number of fused-ring (bicyclic) bond motifs is 1. The third-order valence-electron chi connectivity index (χ3n) is 4.78. The van der Waals surface area contributed by atoms with Gasteiger partial charge < -0.3 is 9.47 Å². The Morgan fingerprint density at radius 3 is 2.29 bits per heavy atom. The third kappa shape index (κ3) is 5.19. The summed E-state index contributed by atoms with van der Waals surface area (Å²) in [4.78, 5) is 4.48. The van der Waals surface area contributed by atoms with E-state index >= 15 is 0 Å². The van der Waals surface area contributed by atoms with E-state index in [1.165, 1.54) is 5.39 Å². The molecule has 0 aromatic heterocycles. The zero-order valence-corrected chi connectivity index (χ0v) is 18.5. The Kier molecular flexibility index (Phi) is 6.76. The summed E-state index contributed by atoms with van der Waals surface area (Å²) < 4.78 is 11.4. The second-order valence-corrected chi connectivity index (χ2v) is 7.74. The van der Waals surface area contributed by atoms with Crippen molar-refractivity contribution in [2.45, 2.75) is 13.5 Å². The number of halogens is 2. The Balaban J connectivity index is 1.49. The van der Waals surface area contributed by atoms with Crippen molar-refractivity contribution in [1.29, 1.82) is 0 Å². The summed E-state index contributed by atoms with van der Waals surface area (Å²) in [6, 6.07) is 25.5. The van der Waals surface area contributed by atoms with Crippen molar-refractivity contribution in [3.05, 3.63) is 100 Å². The van der Waals surface area contributed by atoms with E-state index in [9.17, 15) is 0 Å². The molecule has 0 radical (unpaired) electrons. The molecule has 0 atom stereocenters. The van der Waals surface area contributed by atoms with Crippen LogP contribution in [0.4, 0.5) is 5.69 Å². The Labute approximate surface area is 191 Å². The van der Waals surface area contributed by atoms with Crippen LogP contribution < -0.4 is 9.47 Å². The van der Waals surface area contributed by atoms with E-state index in [2.05, 4.69) is 23.2 Å². The van der Waals surface area contributed by atoms with Gasteiger partial charge in [-0.25, -0.2) is 0 Å². The van der Waals surface area contributed by atoms with E-state index < -0.39 is 0 Å². The summed E-state index contributed by atoms with van der Waals surface area (Å²) in [5, 5.41) is 3.21. The lowest BCUT2D eigenvalue weighted by atomic mass is 10.1. The van der Waals surface area contributed by atoms with Crippen molar-refractivity contribution in [3.8, 4) is 11.5 Å². The molecular weight excluding hydrogens is 429 g/mol. The van der Waals surface area contributed by atoms with Gasteiger partial charge in [0.25, 0.3) is 0 Å². The molecule has 0 saturated heterocycles. The Morgan fingerprint density at radius 2 is 1.55 bits per heavy atom. The van der Waals surface area contributed by atoms with Gasteiger partial charge in [-0.15, -0.1) is 0 Å². The minimum atomic E-state index is 0.375. The smallest absolute Gasteiger partial charge is 0.157 e. The molecule has 0 spiro atoms. The molecule has 0 unspecified atom stereocenters. The quantitative estimate of drug-likeness (QED) is 0.268. The maximum Gasteiger partial charge on any atom is 0.157 e. The molecule has 0 amide bonds. The van der Waals surface area contributed by atoms with Crippen LogP contribution in [0, 0.1) is 0 Å². The molecular formula is C26H21Cl2NO2. The number of ether oxygens (including phenoxy) is 2. The molecule has 4 aromatic carbocycles. The van der Waals surface area contributed by atoms with E-state index in [0.717, 1.165) is 28.0 Å². The monoisotopic (exact) mass is 449 g/mol. The molecule has 0 aliphatic rings. The van der Waals surface area contributed by atoms with Crippen molar-refractivity contribution >= 4 is 45.9 Å². The number of benzene rings is 4. The average Bonchev–Trinajstić information content (AvgIpc) is 2.78. The number of rotatable bonds is 7. The summed E-state index contributed by atoms with van der Waals surface area (Å²) >= 11 is 12.9. The summed E-state index contributed by atoms with van der Waals surface area (Å²) in [5.41, 5.74) is 2.68. The molecule has 0 bridgehead atoms. The standard InChI is InChI=1S/C26H21Cl2NO2/c1-2-30-22-12-10-21(11-13-22)29-16-18-14-24(27)26(25(28)15-18)31-17-20-8-5-7-19-6-3-4-9-23(19)20/h3-16H,2,17H2,1H3. The van der Waals surface area contributed by atoms with Gasteiger partial charge in [0.2, 0.25) is 0 Å². The maximum absolute atomic E-state index is 6.47. The highest BCUT2D eigenvalue weighted by molar-refractivity contribution is 6.37. The SMILES string of the molecule is CCOc1ccc(N=Cc2cc(Cl)c(OCc3cccc4ccccc34)c(Cl)c2)cc1. The van der Waals surface area contributed by atoms with Crippen LogP contribution in [-0.2, 0) is 6.61 Å². The number of nitrogens with zero attached hydrogens (tertiary/aromatic N) is 1. The molecule has 4 aromatic rings. The summed E-state index contributed by atoms with van der Waals surface area (Å²) in [6.45, 7) is 2.96. The minimum Gasteiger partial charge on any atom is -0.494 e. The molecule has 156 valence electrons. The summed E-state index contributed by atoms with van der Waals surface area (Å²) in [7, 11) is 0. The highest BCUT2D eigenvalue weighted by Gasteiger charge is 2.11. The lowest BCUT2D eigenvalue weighted by Crippen LogP contribution is -1.98. The van der Waals surface area contributed by atoms with E-state index in [1.54, 1.807) is 18.3 Å². The molecule has 0 heterocycles. The van der Waals surface area contributed by atoms with Gasteiger partial charge in [0, 0.05) is 6.21 Å². The maximum atomic E-state index is 6.47. The second kappa shape index (κ2) is 9.86. The van der Waals surface area contributed by atoms with Gasteiger partial charge in [-0.3, -0.25) is 4.99 Å². The van der Waals surface area contributed by atoms with Gasteiger partial charge in [0.15, 0.2) is 5.75 Å². The second-order valence-electron chi connectivity index (χ2n) is 6.93. The lowest BCUT2D eigenvalue weighted by molar-refractivity contribution is 0.308. The van der Waals surface area contributed by atoms with Crippen LogP contribution in [0.3, 0.4) is 0 Å². The zero-order valence-electron chi connectivity index (χ0n) is 17.0. The normalized spacial score (nSPS) is 11.2. The first-order chi connectivity index (χ1) is 15.1. The zero-order chi connectivity index (χ0) is 21.6. The fourth-order valence-corrected chi connectivity index (χ4v) is 3.92. The van der Waals surface area contributed by atoms with Crippen molar-refractivity contribution in [2.24, 2.45) is 4.99 Å². The Morgan fingerprint density at radius 1 is 0.839 bits per heavy atom. The van der Waals surface area contributed by atoms with E-state index in [4.69, 9.17) is 32.7 Å². The highest BCUT2D eigenvalue weighted by atomic mass is 35.5. The van der Waals surface area contributed by atoms with E-state index in [0.29, 0.717) is 29.0 Å². The summed E-state index contributed by atoms with van der Waals surface area (Å²) in [6.07, 6.45) is 1.72. The molecule has 3 nitrogen and oxygen atoms in total. The Hall–Kier alpha value is -3.01. The van der Waals surface area contributed by atoms with Gasteiger partial charge in [-0.1, -0.05) is 65.7 Å². The third-order valence-corrected chi connectivity index (χ3v) is 5.34. The van der Waals surface area contributed by atoms with E-state index in [-0.39, 0.29) is 0 Å². The topological polar surface area (TPSA) is 30.8 Å². The first-order valence-corrected chi connectivity index (χ1v) is 10.7.